The van der Waals surface area contributed by atoms with Gasteiger partial charge in [0.15, 0.2) is 5.16 Å². The largest absolute Gasteiger partial charge is 0.353 e. The van der Waals surface area contributed by atoms with Crippen LogP contribution >= 0.6 is 11.8 Å². The second-order valence-electron chi connectivity index (χ2n) is 6.56. The average Bonchev–Trinajstić information content (AvgIpc) is 2.63. The fourth-order valence-corrected chi connectivity index (χ4v) is 4.16. The number of carbonyl (C=O) groups excluding carboxylic acids is 1. The van der Waals surface area contributed by atoms with Gasteiger partial charge in [-0.25, -0.2) is 4.98 Å². The van der Waals surface area contributed by atoms with Crippen molar-refractivity contribution in [2.24, 2.45) is 0 Å². The van der Waals surface area contributed by atoms with Crippen molar-refractivity contribution in [3.63, 3.8) is 0 Å². The van der Waals surface area contributed by atoms with E-state index in [4.69, 9.17) is 0 Å². The van der Waals surface area contributed by atoms with Crippen molar-refractivity contribution < 1.29 is 4.79 Å². The quantitative estimate of drug-likeness (QED) is 0.635. The SMILES string of the molecule is CCCn1c(SCC(=O)NC2CCCCC2)nc2ccccc2c1=O. The van der Waals surface area contributed by atoms with Crippen molar-refractivity contribution in [3.8, 4) is 0 Å². The van der Waals surface area contributed by atoms with Crippen molar-refractivity contribution in [3.05, 3.63) is 34.6 Å². The van der Waals surface area contributed by atoms with E-state index in [9.17, 15) is 9.59 Å². The van der Waals surface area contributed by atoms with Crippen LogP contribution in [0.1, 0.15) is 45.4 Å². The number of carbonyl (C=O) groups is 1. The van der Waals surface area contributed by atoms with Gasteiger partial charge in [-0.3, -0.25) is 14.2 Å². The molecule has 0 bridgehead atoms. The van der Waals surface area contributed by atoms with Gasteiger partial charge in [0.05, 0.1) is 16.7 Å². The second kappa shape index (κ2) is 8.52. The fourth-order valence-electron chi connectivity index (χ4n) is 3.32. The summed E-state index contributed by atoms with van der Waals surface area (Å²) in [4.78, 5) is 29.6. The standard InChI is InChI=1S/C19H25N3O2S/c1-2-12-22-18(24)15-10-6-7-11-16(15)21-19(22)25-13-17(23)20-14-8-4-3-5-9-14/h6-7,10-11,14H,2-5,8-9,12-13H2,1H3,(H,20,23). The monoisotopic (exact) mass is 359 g/mol. The second-order valence-corrected chi connectivity index (χ2v) is 7.50. The van der Waals surface area contributed by atoms with Gasteiger partial charge in [0.25, 0.3) is 5.56 Å². The number of nitrogens with one attached hydrogen (secondary N) is 1. The Morgan fingerprint density at radius 2 is 2.04 bits per heavy atom. The zero-order valence-corrected chi connectivity index (χ0v) is 15.5. The molecule has 134 valence electrons. The van der Waals surface area contributed by atoms with Gasteiger partial charge >= 0.3 is 0 Å². The molecule has 0 spiro atoms. The van der Waals surface area contributed by atoms with Crippen LogP contribution in [-0.2, 0) is 11.3 Å². The van der Waals surface area contributed by atoms with Crippen LogP contribution < -0.4 is 10.9 Å². The van der Waals surface area contributed by atoms with Gasteiger partial charge in [-0.05, 0) is 31.4 Å². The third-order valence-corrected chi connectivity index (χ3v) is 5.55. The highest BCUT2D eigenvalue weighted by molar-refractivity contribution is 7.99. The average molecular weight is 359 g/mol. The lowest BCUT2D eigenvalue weighted by Crippen LogP contribution is -2.37. The van der Waals surface area contributed by atoms with E-state index < -0.39 is 0 Å². The van der Waals surface area contributed by atoms with Crippen LogP contribution in [0.4, 0.5) is 0 Å². The summed E-state index contributed by atoms with van der Waals surface area (Å²) in [6.45, 7) is 2.65. The van der Waals surface area contributed by atoms with Crippen molar-refractivity contribution in [1.29, 1.82) is 0 Å². The molecule has 1 amide bonds. The maximum Gasteiger partial charge on any atom is 0.262 e. The lowest BCUT2D eigenvalue weighted by molar-refractivity contribution is -0.119. The van der Waals surface area contributed by atoms with E-state index >= 15 is 0 Å². The summed E-state index contributed by atoms with van der Waals surface area (Å²) >= 11 is 1.35. The Morgan fingerprint density at radius 3 is 2.80 bits per heavy atom. The maximum atomic E-state index is 12.7. The highest BCUT2D eigenvalue weighted by atomic mass is 32.2. The third kappa shape index (κ3) is 4.42. The van der Waals surface area contributed by atoms with Crippen LogP contribution in [0.5, 0.6) is 0 Å². The van der Waals surface area contributed by atoms with Crippen LogP contribution in [-0.4, -0.2) is 27.3 Å². The lowest BCUT2D eigenvalue weighted by Gasteiger charge is -2.22. The van der Waals surface area contributed by atoms with Crippen molar-refractivity contribution in [2.75, 3.05) is 5.75 Å². The molecular formula is C19H25N3O2S. The minimum absolute atomic E-state index is 0.0253. The van der Waals surface area contributed by atoms with Gasteiger partial charge in [0, 0.05) is 12.6 Å². The number of para-hydroxylation sites is 1. The Hall–Kier alpha value is -1.82. The number of amides is 1. The molecule has 5 nitrogen and oxygen atoms in total. The summed E-state index contributed by atoms with van der Waals surface area (Å²) in [6.07, 6.45) is 6.66. The first kappa shape index (κ1) is 18.0. The predicted octanol–water partition coefficient (Wildman–Crippen LogP) is 3.35. The smallest absolute Gasteiger partial charge is 0.262 e. The van der Waals surface area contributed by atoms with Gasteiger partial charge in [-0.2, -0.15) is 0 Å². The highest BCUT2D eigenvalue weighted by Crippen LogP contribution is 2.20. The minimum Gasteiger partial charge on any atom is -0.353 e. The van der Waals surface area contributed by atoms with Crippen LogP contribution in [0.2, 0.25) is 0 Å². The predicted molar refractivity (Wildman–Crippen MR) is 102 cm³/mol. The Bertz CT molecular complexity index is 797. The molecule has 3 rings (SSSR count). The summed E-state index contributed by atoms with van der Waals surface area (Å²) in [5.41, 5.74) is 0.665. The molecule has 0 saturated heterocycles. The Balaban J connectivity index is 1.74. The summed E-state index contributed by atoms with van der Waals surface area (Å²) in [5.74, 6) is 0.327. The molecule has 0 atom stereocenters. The summed E-state index contributed by atoms with van der Waals surface area (Å²) in [7, 11) is 0. The van der Waals surface area contributed by atoms with Gasteiger partial charge < -0.3 is 5.32 Å². The molecule has 6 heteroatoms. The molecule has 1 heterocycles. The van der Waals surface area contributed by atoms with Crippen molar-refractivity contribution in [1.82, 2.24) is 14.9 Å². The van der Waals surface area contributed by atoms with Crippen LogP contribution in [0.25, 0.3) is 10.9 Å². The minimum atomic E-state index is -0.0253. The van der Waals surface area contributed by atoms with E-state index in [0.717, 1.165) is 19.3 Å². The van der Waals surface area contributed by atoms with Crippen molar-refractivity contribution in [2.45, 2.75) is 63.2 Å². The summed E-state index contributed by atoms with van der Waals surface area (Å²) < 4.78 is 1.70. The number of fused-ring (bicyclic) bond motifs is 1. The van der Waals surface area contributed by atoms with Crippen LogP contribution in [0, 0.1) is 0 Å². The van der Waals surface area contributed by atoms with Gasteiger partial charge in [-0.15, -0.1) is 0 Å². The van der Waals surface area contributed by atoms with E-state index in [1.54, 1.807) is 10.6 Å². The van der Waals surface area contributed by atoms with E-state index in [1.807, 2.05) is 25.1 Å². The van der Waals surface area contributed by atoms with Gasteiger partial charge in [0.1, 0.15) is 0 Å². The number of thioether (sulfide) groups is 1. The first-order valence-corrected chi connectivity index (χ1v) is 10.1. The molecule has 1 fully saturated rings. The van der Waals surface area contributed by atoms with E-state index in [1.165, 1.54) is 31.0 Å². The van der Waals surface area contributed by atoms with E-state index in [-0.39, 0.29) is 11.5 Å². The zero-order chi connectivity index (χ0) is 17.6. The van der Waals surface area contributed by atoms with Gasteiger partial charge in [0.2, 0.25) is 5.91 Å². The van der Waals surface area contributed by atoms with E-state index in [2.05, 4.69) is 10.3 Å². The van der Waals surface area contributed by atoms with Crippen LogP contribution in [0.3, 0.4) is 0 Å². The molecule has 2 aromatic rings. The molecule has 1 N–H and O–H groups in total. The molecule has 0 radical (unpaired) electrons. The molecule has 1 aromatic heterocycles. The Kier molecular flexibility index (Phi) is 6.13. The lowest BCUT2D eigenvalue weighted by atomic mass is 9.95. The Morgan fingerprint density at radius 1 is 1.28 bits per heavy atom. The molecule has 0 aliphatic heterocycles. The van der Waals surface area contributed by atoms with Crippen molar-refractivity contribution >= 4 is 28.6 Å². The number of nitrogens with zero attached hydrogens (tertiary/aromatic N) is 2. The molecule has 0 unspecified atom stereocenters. The maximum absolute atomic E-state index is 12.7. The van der Waals surface area contributed by atoms with Gasteiger partial charge in [-0.1, -0.05) is 50.1 Å². The molecule has 1 aliphatic carbocycles. The molecule has 1 aliphatic rings. The number of aromatic nitrogens is 2. The zero-order valence-electron chi connectivity index (χ0n) is 14.7. The topological polar surface area (TPSA) is 64.0 Å². The number of benzene rings is 1. The number of hydrogen-bond acceptors (Lipinski definition) is 4. The molecule has 25 heavy (non-hydrogen) atoms. The number of rotatable bonds is 6. The molecule has 1 saturated carbocycles. The highest BCUT2D eigenvalue weighted by Gasteiger charge is 2.17. The summed E-state index contributed by atoms with van der Waals surface area (Å²) in [5, 5.41) is 4.38. The number of hydrogen-bond donors (Lipinski definition) is 1. The van der Waals surface area contributed by atoms with Crippen LogP contribution in [0.15, 0.2) is 34.2 Å². The Labute approximate surface area is 152 Å². The normalized spacial score (nSPS) is 15.4. The van der Waals surface area contributed by atoms with E-state index in [0.29, 0.717) is 34.4 Å². The first-order chi connectivity index (χ1) is 12.2. The first-order valence-electron chi connectivity index (χ1n) is 9.10. The molecular weight excluding hydrogens is 334 g/mol. The fraction of sp³-hybridized carbons (Fsp3) is 0.526. The summed E-state index contributed by atoms with van der Waals surface area (Å²) in [6, 6.07) is 7.69. The molecule has 1 aromatic carbocycles. The third-order valence-electron chi connectivity index (χ3n) is 4.58.